The van der Waals surface area contributed by atoms with Crippen LogP contribution in [0.25, 0.3) is 0 Å². The highest BCUT2D eigenvalue weighted by molar-refractivity contribution is 5.95. The number of amides is 1. The molecule has 0 aliphatic carbocycles. The van der Waals surface area contributed by atoms with Gasteiger partial charge in [-0.3, -0.25) is 4.79 Å². The lowest BCUT2D eigenvalue weighted by Crippen LogP contribution is -2.48. The monoisotopic (exact) mass is 341 g/mol. The molecular weight excluding hydrogens is 318 g/mol. The van der Waals surface area contributed by atoms with Crippen LogP contribution in [0.2, 0.25) is 0 Å². The van der Waals surface area contributed by atoms with E-state index in [1.54, 1.807) is 32.4 Å². The van der Waals surface area contributed by atoms with Gasteiger partial charge in [-0.15, -0.1) is 0 Å². The maximum atomic E-state index is 12.7. The third-order valence-electron chi connectivity index (χ3n) is 4.47. The van der Waals surface area contributed by atoms with Crippen molar-refractivity contribution < 1.29 is 14.3 Å². The number of para-hydroxylation sites is 2. The molecule has 0 spiro atoms. The van der Waals surface area contributed by atoms with Gasteiger partial charge in [-0.25, -0.2) is 0 Å². The number of rotatable bonds is 4. The van der Waals surface area contributed by atoms with E-state index in [0.29, 0.717) is 30.1 Å². The number of ether oxygens (including phenoxy) is 2. The molecule has 0 atom stereocenters. The van der Waals surface area contributed by atoms with E-state index < -0.39 is 0 Å². The smallest absolute Gasteiger partial charge is 0.254 e. The molecule has 0 radical (unpaired) electrons. The second-order valence-corrected chi connectivity index (χ2v) is 5.91. The summed E-state index contributed by atoms with van der Waals surface area (Å²) in [4.78, 5) is 16.8. The molecule has 0 aromatic heterocycles. The van der Waals surface area contributed by atoms with Crippen molar-refractivity contribution in [1.82, 2.24) is 4.90 Å². The Morgan fingerprint density at radius 2 is 1.64 bits per heavy atom. The molecule has 1 aliphatic heterocycles. The van der Waals surface area contributed by atoms with Crippen LogP contribution in [-0.2, 0) is 0 Å². The number of carbonyl (C=O) groups is 1. The van der Waals surface area contributed by atoms with Gasteiger partial charge in [0.1, 0.15) is 11.5 Å². The van der Waals surface area contributed by atoms with Gasteiger partial charge in [0.05, 0.1) is 25.6 Å². The van der Waals surface area contributed by atoms with Crippen LogP contribution in [0, 0.1) is 0 Å². The van der Waals surface area contributed by atoms with E-state index in [4.69, 9.17) is 15.2 Å². The Kier molecular flexibility index (Phi) is 4.97. The number of nitrogens with two attached hydrogens (primary N) is 1. The molecule has 0 saturated carbocycles. The van der Waals surface area contributed by atoms with Crippen LogP contribution in [0.5, 0.6) is 11.5 Å². The lowest BCUT2D eigenvalue weighted by molar-refractivity contribution is 0.0746. The first kappa shape index (κ1) is 17.0. The third-order valence-corrected chi connectivity index (χ3v) is 4.47. The lowest BCUT2D eigenvalue weighted by atomic mass is 10.1. The summed E-state index contributed by atoms with van der Waals surface area (Å²) in [5, 5.41) is 0. The molecule has 1 fully saturated rings. The Balaban J connectivity index is 1.67. The maximum Gasteiger partial charge on any atom is 0.254 e. The average Bonchev–Trinajstić information content (AvgIpc) is 2.67. The zero-order chi connectivity index (χ0) is 17.8. The molecule has 2 N–H and O–H groups in total. The second-order valence-electron chi connectivity index (χ2n) is 5.91. The molecule has 6 nitrogen and oxygen atoms in total. The van der Waals surface area contributed by atoms with Crippen molar-refractivity contribution in [2.75, 3.05) is 51.0 Å². The average molecular weight is 341 g/mol. The van der Waals surface area contributed by atoms with E-state index in [-0.39, 0.29) is 5.91 Å². The summed E-state index contributed by atoms with van der Waals surface area (Å²) < 4.78 is 10.6. The van der Waals surface area contributed by atoms with Crippen molar-refractivity contribution in [2.45, 2.75) is 0 Å². The predicted molar refractivity (Wildman–Crippen MR) is 98.5 cm³/mol. The summed E-state index contributed by atoms with van der Waals surface area (Å²) in [7, 11) is 3.23. The number of hydrogen-bond donors (Lipinski definition) is 1. The van der Waals surface area contributed by atoms with E-state index >= 15 is 0 Å². The fraction of sp³-hybridized carbons (Fsp3) is 0.316. The molecular formula is C19H23N3O3. The zero-order valence-electron chi connectivity index (χ0n) is 14.6. The minimum atomic E-state index is -0.00553. The molecule has 0 unspecified atom stereocenters. The van der Waals surface area contributed by atoms with Crippen LogP contribution in [0.3, 0.4) is 0 Å². The van der Waals surface area contributed by atoms with E-state index in [1.165, 1.54) is 0 Å². The van der Waals surface area contributed by atoms with Crippen molar-refractivity contribution in [1.29, 1.82) is 0 Å². The molecule has 3 rings (SSSR count). The van der Waals surface area contributed by atoms with E-state index in [0.717, 1.165) is 24.5 Å². The highest BCUT2D eigenvalue weighted by Gasteiger charge is 2.24. The van der Waals surface area contributed by atoms with Gasteiger partial charge in [0.15, 0.2) is 0 Å². The minimum Gasteiger partial charge on any atom is -0.495 e. The van der Waals surface area contributed by atoms with Gasteiger partial charge >= 0.3 is 0 Å². The van der Waals surface area contributed by atoms with Gasteiger partial charge in [0.25, 0.3) is 5.91 Å². The van der Waals surface area contributed by atoms with Gasteiger partial charge in [-0.05, 0) is 30.3 Å². The highest BCUT2D eigenvalue weighted by atomic mass is 16.5. The normalized spacial score (nSPS) is 14.3. The summed E-state index contributed by atoms with van der Waals surface area (Å²) >= 11 is 0. The highest BCUT2D eigenvalue weighted by Crippen LogP contribution is 2.29. The van der Waals surface area contributed by atoms with Crippen molar-refractivity contribution in [2.24, 2.45) is 0 Å². The molecule has 1 aliphatic rings. The van der Waals surface area contributed by atoms with Crippen LogP contribution in [0.4, 0.5) is 11.4 Å². The molecule has 1 saturated heterocycles. The number of nitrogens with zero attached hydrogens (tertiary/aromatic N) is 2. The SMILES string of the molecule is COc1ccc(C(=O)N2CCN(c3ccccc3OC)CC2)cc1N. The van der Waals surface area contributed by atoms with E-state index in [9.17, 15) is 4.79 Å². The topological polar surface area (TPSA) is 68.0 Å². The van der Waals surface area contributed by atoms with Crippen LogP contribution in [0.15, 0.2) is 42.5 Å². The summed E-state index contributed by atoms with van der Waals surface area (Å²) in [6, 6.07) is 13.1. The first-order chi connectivity index (χ1) is 12.1. The number of methoxy groups -OCH3 is 2. The van der Waals surface area contributed by atoms with Crippen LogP contribution in [0.1, 0.15) is 10.4 Å². The first-order valence-corrected chi connectivity index (χ1v) is 8.25. The second kappa shape index (κ2) is 7.34. The first-order valence-electron chi connectivity index (χ1n) is 8.25. The largest absolute Gasteiger partial charge is 0.495 e. The van der Waals surface area contributed by atoms with Crippen molar-refractivity contribution in [3.63, 3.8) is 0 Å². The van der Waals surface area contributed by atoms with Gasteiger partial charge < -0.3 is 25.0 Å². The molecule has 1 heterocycles. The number of benzene rings is 2. The number of piperazine rings is 1. The van der Waals surface area contributed by atoms with Crippen molar-refractivity contribution >= 4 is 17.3 Å². The summed E-state index contributed by atoms with van der Waals surface area (Å²) in [6.45, 7) is 2.83. The predicted octanol–water partition coefficient (Wildman–Crippen LogP) is 2.25. The lowest BCUT2D eigenvalue weighted by Gasteiger charge is -2.36. The Labute approximate surface area is 147 Å². The number of hydrogen-bond acceptors (Lipinski definition) is 5. The van der Waals surface area contributed by atoms with Crippen molar-refractivity contribution in [3.8, 4) is 11.5 Å². The number of nitrogen functional groups attached to an aromatic ring is 1. The van der Waals surface area contributed by atoms with Crippen molar-refractivity contribution in [3.05, 3.63) is 48.0 Å². The molecule has 1 amide bonds. The Morgan fingerprint density at radius 3 is 2.28 bits per heavy atom. The fourth-order valence-electron chi connectivity index (χ4n) is 3.09. The zero-order valence-corrected chi connectivity index (χ0v) is 14.6. The third kappa shape index (κ3) is 3.47. The summed E-state index contributed by atoms with van der Waals surface area (Å²) in [5.74, 6) is 1.43. The summed E-state index contributed by atoms with van der Waals surface area (Å²) in [5.41, 5.74) is 8.03. The quantitative estimate of drug-likeness (QED) is 0.864. The molecule has 0 bridgehead atoms. The Bertz CT molecular complexity index is 755. The van der Waals surface area contributed by atoms with E-state index in [1.807, 2.05) is 29.2 Å². The maximum absolute atomic E-state index is 12.7. The Morgan fingerprint density at radius 1 is 0.960 bits per heavy atom. The van der Waals surface area contributed by atoms with Gasteiger partial charge in [0, 0.05) is 31.7 Å². The molecule has 6 heteroatoms. The minimum absolute atomic E-state index is 0.00553. The van der Waals surface area contributed by atoms with Crippen LogP contribution < -0.4 is 20.1 Å². The van der Waals surface area contributed by atoms with Gasteiger partial charge in [-0.2, -0.15) is 0 Å². The number of carbonyl (C=O) groups excluding carboxylic acids is 1. The van der Waals surface area contributed by atoms with Gasteiger partial charge in [-0.1, -0.05) is 12.1 Å². The summed E-state index contributed by atoms with van der Waals surface area (Å²) in [6.07, 6.45) is 0. The standard InChI is InChI=1S/C19H23N3O3/c1-24-17-8-7-14(13-15(17)20)19(23)22-11-9-21(10-12-22)16-5-3-4-6-18(16)25-2/h3-8,13H,9-12,20H2,1-2H3. The van der Waals surface area contributed by atoms with Crippen LogP contribution in [-0.4, -0.2) is 51.2 Å². The fourth-order valence-corrected chi connectivity index (χ4v) is 3.09. The number of anilines is 2. The van der Waals surface area contributed by atoms with E-state index in [2.05, 4.69) is 4.90 Å². The van der Waals surface area contributed by atoms with Crippen LogP contribution >= 0.6 is 0 Å². The molecule has 132 valence electrons. The molecule has 2 aromatic carbocycles. The molecule has 2 aromatic rings. The van der Waals surface area contributed by atoms with Gasteiger partial charge in [0.2, 0.25) is 0 Å². The molecule has 25 heavy (non-hydrogen) atoms. The Hall–Kier alpha value is -2.89.